The van der Waals surface area contributed by atoms with Gasteiger partial charge >= 0.3 is 0 Å². The minimum Gasteiger partial charge on any atom is -0.101 e. The van der Waals surface area contributed by atoms with Crippen molar-refractivity contribution >= 4 is 27.5 Å². The molecule has 0 radical (unpaired) electrons. The van der Waals surface area contributed by atoms with Crippen molar-refractivity contribution in [3.05, 3.63) is 45.4 Å². The Morgan fingerprint density at radius 1 is 1.12 bits per heavy atom. The molecular weight excluding hydrogens is 282 g/mol. The maximum absolute atomic E-state index is 3.61. The number of para-hydroxylation sites is 1. The van der Waals surface area contributed by atoms with E-state index in [1.807, 2.05) is 11.5 Å². The molecule has 1 aromatic heterocycles. The van der Waals surface area contributed by atoms with Crippen LogP contribution in [-0.4, -0.2) is 0 Å². The van der Waals surface area contributed by atoms with Gasteiger partial charge in [0.25, 0.3) is 0 Å². The van der Waals surface area contributed by atoms with Gasteiger partial charge in [-0.15, -0.1) is 3.96 Å². The monoisotopic (exact) mass is 294 g/mol. The SMILES string of the molecule is Brc1ccccc1-[n+]1cc2c(s1)CCCC2. The Labute approximate surface area is 108 Å². The van der Waals surface area contributed by atoms with Gasteiger partial charge in [0.2, 0.25) is 5.69 Å². The van der Waals surface area contributed by atoms with Crippen LogP contribution < -0.4 is 3.96 Å². The van der Waals surface area contributed by atoms with E-state index in [0.717, 1.165) is 0 Å². The van der Waals surface area contributed by atoms with Gasteiger partial charge in [0.1, 0.15) is 11.5 Å². The van der Waals surface area contributed by atoms with E-state index in [0.29, 0.717) is 0 Å². The highest BCUT2D eigenvalue weighted by Gasteiger charge is 2.21. The van der Waals surface area contributed by atoms with Crippen molar-refractivity contribution in [1.29, 1.82) is 0 Å². The van der Waals surface area contributed by atoms with Crippen molar-refractivity contribution in [3.8, 4) is 5.69 Å². The summed E-state index contributed by atoms with van der Waals surface area (Å²) in [7, 11) is 0. The Bertz CT molecular complexity index is 495. The highest BCUT2D eigenvalue weighted by molar-refractivity contribution is 9.10. The van der Waals surface area contributed by atoms with Gasteiger partial charge in [-0.1, -0.05) is 12.1 Å². The van der Waals surface area contributed by atoms with E-state index < -0.39 is 0 Å². The summed E-state index contributed by atoms with van der Waals surface area (Å²) >= 11 is 5.50. The fraction of sp³-hybridized carbons (Fsp3) is 0.308. The quantitative estimate of drug-likeness (QED) is 0.707. The molecule has 0 bridgehead atoms. The second kappa shape index (κ2) is 4.30. The maximum Gasteiger partial charge on any atom is 0.239 e. The zero-order valence-corrected chi connectivity index (χ0v) is 11.4. The van der Waals surface area contributed by atoms with Crippen molar-refractivity contribution in [2.24, 2.45) is 0 Å². The normalized spacial score (nSPS) is 14.8. The average Bonchev–Trinajstić information content (AvgIpc) is 2.73. The molecule has 0 unspecified atom stereocenters. The third kappa shape index (κ3) is 1.82. The van der Waals surface area contributed by atoms with Gasteiger partial charge in [-0.2, -0.15) is 0 Å². The molecule has 2 aromatic rings. The van der Waals surface area contributed by atoms with E-state index in [1.54, 1.807) is 10.4 Å². The molecular formula is C13H13BrNS+. The van der Waals surface area contributed by atoms with E-state index in [1.165, 1.54) is 35.8 Å². The number of aryl methyl sites for hydroxylation is 2. The lowest BCUT2D eigenvalue weighted by Gasteiger charge is -2.04. The summed E-state index contributed by atoms with van der Waals surface area (Å²) in [4.78, 5) is 1.57. The van der Waals surface area contributed by atoms with Gasteiger partial charge in [-0.3, -0.25) is 0 Å². The second-order valence-corrected chi connectivity index (χ2v) is 6.08. The third-order valence-electron chi connectivity index (χ3n) is 3.03. The summed E-state index contributed by atoms with van der Waals surface area (Å²) in [6.07, 6.45) is 7.52. The Morgan fingerprint density at radius 2 is 1.94 bits per heavy atom. The number of hydrogen-bond acceptors (Lipinski definition) is 1. The molecule has 1 aliphatic rings. The molecule has 0 fully saturated rings. The highest BCUT2D eigenvalue weighted by Crippen LogP contribution is 2.25. The van der Waals surface area contributed by atoms with E-state index in [2.05, 4.69) is 50.3 Å². The van der Waals surface area contributed by atoms with E-state index in [-0.39, 0.29) is 0 Å². The molecule has 0 saturated carbocycles. The van der Waals surface area contributed by atoms with Crippen LogP contribution in [0.3, 0.4) is 0 Å². The van der Waals surface area contributed by atoms with Crippen LogP contribution in [0.4, 0.5) is 0 Å². The number of aromatic nitrogens is 1. The highest BCUT2D eigenvalue weighted by atomic mass is 79.9. The predicted molar refractivity (Wildman–Crippen MR) is 70.2 cm³/mol. The summed E-state index contributed by atoms with van der Waals surface area (Å²) in [5.74, 6) is 0. The van der Waals surface area contributed by atoms with Crippen LogP contribution in [0, 0.1) is 0 Å². The Morgan fingerprint density at radius 3 is 2.75 bits per heavy atom. The average molecular weight is 295 g/mol. The minimum atomic E-state index is 1.17. The Hall–Kier alpha value is -0.670. The molecule has 0 N–H and O–H groups in total. The van der Waals surface area contributed by atoms with Crippen molar-refractivity contribution in [2.45, 2.75) is 25.7 Å². The van der Waals surface area contributed by atoms with E-state index >= 15 is 0 Å². The van der Waals surface area contributed by atoms with Crippen LogP contribution in [0.2, 0.25) is 0 Å². The molecule has 0 aliphatic heterocycles. The van der Waals surface area contributed by atoms with Gasteiger partial charge in [0.05, 0.1) is 9.35 Å². The molecule has 3 rings (SSSR count). The summed E-state index contributed by atoms with van der Waals surface area (Å²) in [6, 6.07) is 8.40. The van der Waals surface area contributed by atoms with Crippen LogP contribution >= 0.6 is 27.5 Å². The Balaban J connectivity index is 2.07. The molecule has 82 valence electrons. The first-order valence-corrected chi connectivity index (χ1v) is 7.20. The molecule has 3 heteroatoms. The van der Waals surface area contributed by atoms with Crippen LogP contribution in [0.1, 0.15) is 23.3 Å². The van der Waals surface area contributed by atoms with Gasteiger partial charge in [-0.25, -0.2) is 0 Å². The van der Waals surface area contributed by atoms with Crippen molar-refractivity contribution < 1.29 is 3.96 Å². The molecule has 1 heterocycles. The third-order valence-corrected chi connectivity index (χ3v) is 4.89. The molecule has 1 aromatic carbocycles. The lowest BCUT2D eigenvalue weighted by atomic mass is 10.0. The van der Waals surface area contributed by atoms with E-state index in [4.69, 9.17) is 0 Å². The van der Waals surface area contributed by atoms with Crippen molar-refractivity contribution in [1.82, 2.24) is 0 Å². The van der Waals surface area contributed by atoms with Crippen LogP contribution in [-0.2, 0) is 12.8 Å². The standard InChI is InChI=1S/C13H13BrNS/c14-11-6-2-3-7-12(11)15-9-10-5-1-4-8-13(10)16-15/h2-3,6-7,9H,1,4-5,8H2/q+1. The topological polar surface area (TPSA) is 3.88 Å². The zero-order chi connectivity index (χ0) is 11.0. The number of nitrogens with zero attached hydrogens (tertiary/aromatic N) is 1. The van der Waals surface area contributed by atoms with E-state index in [9.17, 15) is 0 Å². The number of fused-ring (bicyclic) bond motifs is 1. The number of halogens is 1. The molecule has 0 spiro atoms. The summed E-state index contributed by atoms with van der Waals surface area (Å²) in [5.41, 5.74) is 2.80. The fourth-order valence-electron chi connectivity index (χ4n) is 2.18. The largest absolute Gasteiger partial charge is 0.239 e. The number of rotatable bonds is 1. The molecule has 0 atom stereocenters. The first-order chi connectivity index (χ1) is 7.84. The number of hydrogen-bond donors (Lipinski definition) is 0. The first kappa shape index (κ1) is 10.5. The van der Waals surface area contributed by atoms with Gasteiger partial charge in [0, 0.05) is 11.6 Å². The lowest BCUT2D eigenvalue weighted by molar-refractivity contribution is -0.521. The minimum absolute atomic E-state index is 1.17. The molecule has 16 heavy (non-hydrogen) atoms. The van der Waals surface area contributed by atoms with Crippen LogP contribution in [0.25, 0.3) is 5.69 Å². The van der Waals surface area contributed by atoms with Gasteiger partial charge in [-0.05, 0) is 47.7 Å². The molecule has 1 nitrogen and oxygen atoms in total. The van der Waals surface area contributed by atoms with Crippen molar-refractivity contribution in [2.75, 3.05) is 0 Å². The van der Waals surface area contributed by atoms with Gasteiger partial charge < -0.3 is 0 Å². The van der Waals surface area contributed by atoms with Crippen molar-refractivity contribution in [3.63, 3.8) is 0 Å². The predicted octanol–water partition coefficient (Wildman–Crippen LogP) is 3.67. The van der Waals surface area contributed by atoms with Crippen LogP contribution in [0.5, 0.6) is 0 Å². The molecule has 0 amide bonds. The summed E-state index contributed by atoms with van der Waals surface area (Å²) in [6.45, 7) is 0. The Kier molecular flexibility index (Phi) is 2.82. The maximum atomic E-state index is 3.61. The summed E-state index contributed by atoms with van der Waals surface area (Å²) < 4.78 is 3.46. The smallest absolute Gasteiger partial charge is 0.101 e. The molecule has 0 saturated heterocycles. The first-order valence-electron chi connectivity index (χ1n) is 5.63. The second-order valence-electron chi connectivity index (χ2n) is 4.15. The van der Waals surface area contributed by atoms with Gasteiger partial charge in [0.15, 0.2) is 6.20 Å². The zero-order valence-electron chi connectivity index (χ0n) is 8.95. The molecule has 1 aliphatic carbocycles. The number of benzene rings is 1. The lowest BCUT2D eigenvalue weighted by Crippen LogP contribution is -2.24. The summed E-state index contributed by atoms with van der Waals surface area (Å²) in [5, 5.41) is 0. The fourth-order valence-corrected chi connectivity index (χ4v) is 3.95. The van der Waals surface area contributed by atoms with Crippen LogP contribution in [0.15, 0.2) is 34.9 Å².